The van der Waals surface area contributed by atoms with Crippen molar-refractivity contribution in [2.75, 3.05) is 17.2 Å². The molecule has 1 aromatic carbocycles. The molecule has 0 spiro atoms. The average molecular weight is 384 g/mol. The summed E-state index contributed by atoms with van der Waals surface area (Å²) in [6.45, 7) is 4.27. The van der Waals surface area contributed by atoms with Gasteiger partial charge in [-0.1, -0.05) is 0 Å². The Bertz CT molecular complexity index is 830. The number of hydrogen-bond donors (Lipinski definition) is 3. The van der Waals surface area contributed by atoms with Crippen LogP contribution < -0.4 is 16.0 Å². The molecule has 0 bridgehead atoms. The number of amides is 4. The number of nitrogens with one attached hydrogen (secondary N) is 3. The van der Waals surface area contributed by atoms with E-state index in [1.54, 1.807) is 41.3 Å². The molecule has 1 aromatic heterocycles. The Morgan fingerprint density at radius 2 is 1.75 bits per heavy atom. The number of hydrogen-bond acceptors (Lipinski definition) is 4. The molecule has 148 valence electrons. The highest BCUT2D eigenvalue weighted by atomic mass is 16.3. The van der Waals surface area contributed by atoms with Crippen molar-refractivity contribution in [3.8, 4) is 0 Å². The summed E-state index contributed by atoms with van der Waals surface area (Å²) < 4.78 is 5.16. The second kappa shape index (κ2) is 8.60. The van der Waals surface area contributed by atoms with Gasteiger partial charge in [0.15, 0.2) is 5.76 Å². The van der Waals surface area contributed by atoms with Gasteiger partial charge in [-0.2, -0.15) is 0 Å². The predicted molar refractivity (Wildman–Crippen MR) is 105 cm³/mol. The second-order valence-corrected chi connectivity index (χ2v) is 6.95. The number of anilines is 2. The van der Waals surface area contributed by atoms with E-state index in [4.69, 9.17) is 4.42 Å². The standard InChI is InChI=1S/C20H24N4O4/c1-13(2)21-20(27)23-15-9-7-14(8-10-15)22-18(25)16-5-3-11-24(16)19(26)17-6-4-12-28-17/h4,6-10,12-13,16H,3,5,11H2,1-2H3,(H,22,25)(H2,21,23,27). The van der Waals surface area contributed by atoms with Gasteiger partial charge < -0.3 is 25.3 Å². The number of carbonyl (C=O) groups excluding carboxylic acids is 3. The van der Waals surface area contributed by atoms with E-state index >= 15 is 0 Å². The zero-order chi connectivity index (χ0) is 20.1. The fourth-order valence-electron chi connectivity index (χ4n) is 3.12. The molecular formula is C20H24N4O4. The molecule has 3 rings (SSSR count). The Morgan fingerprint density at radius 1 is 1.07 bits per heavy atom. The van der Waals surface area contributed by atoms with Crippen molar-refractivity contribution in [1.82, 2.24) is 10.2 Å². The molecule has 28 heavy (non-hydrogen) atoms. The van der Waals surface area contributed by atoms with Gasteiger partial charge in [0.1, 0.15) is 6.04 Å². The molecule has 8 nitrogen and oxygen atoms in total. The third kappa shape index (κ3) is 4.70. The van der Waals surface area contributed by atoms with E-state index in [0.717, 1.165) is 6.42 Å². The van der Waals surface area contributed by atoms with Gasteiger partial charge in [0, 0.05) is 24.0 Å². The largest absolute Gasteiger partial charge is 0.459 e. The van der Waals surface area contributed by atoms with Crippen LogP contribution in [0.2, 0.25) is 0 Å². The molecule has 1 saturated heterocycles. The second-order valence-electron chi connectivity index (χ2n) is 6.95. The molecule has 0 aliphatic carbocycles. The Hall–Kier alpha value is -3.29. The van der Waals surface area contributed by atoms with Crippen LogP contribution in [-0.2, 0) is 4.79 Å². The van der Waals surface area contributed by atoms with Crippen molar-refractivity contribution in [2.45, 2.75) is 38.8 Å². The summed E-state index contributed by atoms with van der Waals surface area (Å²) in [7, 11) is 0. The van der Waals surface area contributed by atoms with Crippen molar-refractivity contribution >= 4 is 29.2 Å². The molecule has 0 saturated carbocycles. The molecule has 3 N–H and O–H groups in total. The molecule has 1 atom stereocenters. The monoisotopic (exact) mass is 384 g/mol. The van der Waals surface area contributed by atoms with Crippen LogP contribution in [0, 0.1) is 0 Å². The first kappa shape index (κ1) is 19.5. The highest BCUT2D eigenvalue weighted by molar-refractivity contribution is 6.00. The van der Waals surface area contributed by atoms with Crippen molar-refractivity contribution in [3.63, 3.8) is 0 Å². The van der Waals surface area contributed by atoms with Crippen molar-refractivity contribution < 1.29 is 18.8 Å². The van der Waals surface area contributed by atoms with E-state index in [1.807, 2.05) is 13.8 Å². The normalized spacial score (nSPS) is 16.1. The number of urea groups is 1. The van der Waals surface area contributed by atoms with E-state index in [9.17, 15) is 14.4 Å². The topological polar surface area (TPSA) is 104 Å². The number of furan rings is 1. The molecule has 1 unspecified atom stereocenters. The van der Waals surface area contributed by atoms with E-state index in [1.165, 1.54) is 6.26 Å². The third-order valence-electron chi connectivity index (χ3n) is 4.38. The van der Waals surface area contributed by atoms with Crippen LogP contribution in [-0.4, -0.2) is 41.4 Å². The fourth-order valence-corrected chi connectivity index (χ4v) is 3.12. The van der Waals surface area contributed by atoms with Gasteiger partial charge in [0.05, 0.1) is 6.26 Å². The van der Waals surface area contributed by atoms with Crippen LogP contribution in [0.15, 0.2) is 47.1 Å². The molecular weight excluding hydrogens is 360 g/mol. The minimum absolute atomic E-state index is 0.0387. The Labute approximate surface area is 163 Å². The van der Waals surface area contributed by atoms with Crippen LogP contribution in [0.5, 0.6) is 0 Å². The summed E-state index contributed by atoms with van der Waals surface area (Å²) in [6, 6.07) is 9.28. The molecule has 1 aliphatic heterocycles. The molecule has 2 aromatic rings. The maximum Gasteiger partial charge on any atom is 0.319 e. The zero-order valence-corrected chi connectivity index (χ0v) is 15.9. The maximum atomic E-state index is 12.7. The maximum absolute atomic E-state index is 12.7. The van der Waals surface area contributed by atoms with Crippen LogP contribution >= 0.6 is 0 Å². The van der Waals surface area contributed by atoms with Gasteiger partial charge in [-0.15, -0.1) is 0 Å². The summed E-state index contributed by atoms with van der Waals surface area (Å²) in [5, 5.41) is 8.29. The first-order valence-electron chi connectivity index (χ1n) is 9.27. The summed E-state index contributed by atoms with van der Waals surface area (Å²) in [5.74, 6) is -0.288. The van der Waals surface area contributed by atoms with Gasteiger partial charge in [-0.05, 0) is 63.1 Å². The van der Waals surface area contributed by atoms with Gasteiger partial charge in [0.2, 0.25) is 5.91 Å². The van der Waals surface area contributed by atoms with Crippen molar-refractivity contribution in [1.29, 1.82) is 0 Å². The summed E-state index contributed by atoms with van der Waals surface area (Å²) in [5.41, 5.74) is 1.21. The summed E-state index contributed by atoms with van der Waals surface area (Å²) >= 11 is 0. The van der Waals surface area contributed by atoms with E-state index in [-0.39, 0.29) is 29.6 Å². The van der Waals surface area contributed by atoms with Crippen LogP contribution in [0.1, 0.15) is 37.2 Å². The lowest BCUT2D eigenvalue weighted by Gasteiger charge is -2.23. The predicted octanol–water partition coefficient (Wildman–Crippen LogP) is 3.05. The van der Waals surface area contributed by atoms with Crippen molar-refractivity contribution in [2.24, 2.45) is 0 Å². The lowest BCUT2D eigenvalue weighted by molar-refractivity contribution is -0.119. The fraction of sp³-hybridized carbons (Fsp3) is 0.350. The molecule has 1 aliphatic rings. The first-order chi connectivity index (χ1) is 13.4. The van der Waals surface area contributed by atoms with E-state index < -0.39 is 6.04 Å². The smallest absolute Gasteiger partial charge is 0.319 e. The number of nitrogens with zero attached hydrogens (tertiary/aromatic N) is 1. The minimum Gasteiger partial charge on any atom is -0.459 e. The quantitative estimate of drug-likeness (QED) is 0.737. The molecule has 2 heterocycles. The molecule has 1 fully saturated rings. The molecule has 0 radical (unpaired) electrons. The molecule has 4 amide bonds. The SMILES string of the molecule is CC(C)NC(=O)Nc1ccc(NC(=O)C2CCCN2C(=O)c2ccco2)cc1. The van der Waals surface area contributed by atoms with Crippen LogP contribution in [0.3, 0.4) is 0 Å². The highest BCUT2D eigenvalue weighted by Gasteiger charge is 2.35. The summed E-state index contributed by atoms with van der Waals surface area (Å²) in [4.78, 5) is 38.4. The Morgan fingerprint density at radius 3 is 2.36 bits per heavy atom. The Kier molecular flexibility index (Phi) is 5.98. The lowest BCUT2D eigenvalue weighted by Crippen LogP contribution is -2.43. The molecule has 8 heteroatoms. The average Bonchev–Trinajstić information content (AvgIpc) is 3.34. The third-order valence-corrected chi connectivity index (χ3v) is 4.38. The zero-order valence-electron chi connectivity index (χ0n) is 15.9. The van der Waals surface area contributed by atoms with Gasteiger partial charge in [-0.3, -0.25) is 9.59 Å². The first-order valence-corrected chi connectivity index (χ1v) is 9.27. The Balaban J connectivity index is 1.59. The number of carbonyl (C=O) groups is 3. The van der Waals surface area contributed by atoms with Gasteiger partial charge >= 0.3 is 6.03 Å². The van der Waals surface area contributed by atoms with Crippen molar-refractivity contribution in [3.05, 3.63) is 48.4 Å². The van der Waals surface area contributed by atoms with E-state index in [2.05, 4.69) is 16.0 Å². The number of benzene rings is 1. The number of rotatable bonds is 5. The van der Waals surface area contributed by atoms with Gasteiger partial charge in [0.25, 0.3) is 5.91 Å². The minimum atomic E-state index is -0.535. The summed E-state index contributed by atoms with van der Waals surface area (Å²) in [6.07, 6.45) is 2.81. The van der Waals surface area contributed by atoms with Crippen LogP contribution in [0.4, 0.5) is 16.2 Å². The number of likely N-dealkylation sites (tertiary alicyclic amines) is 1. The highest BCUT2D eigenvalue weighted by Crippen LogP contribution is 2.22. The van der Waals surface area contributed by atoms with Crippen LogP contribution in [0.25, 0.3) is 0 Å². The lowest BCUT2D eigenvalue weighted by atomic mass is 10.2. The van der Waals surface area contributed by atoms with Gasteiger partial charge in [-0.25, -0.2) is 4.79 Å². The van der Waals surface area contributed by atoms with E-state index in [0.29, 0.717) is 24.3 Å².